The molecule has 2 rings (SSSR count). The SMILES string of the molecule is CS(N)(=O)=Cc1cc(F)cc(-c2ncnc(N)n2)c1. The molecule has 0 fully saturated rings. The summed E-state index contributed by atoms with van der Waals surface area (Å²) in [5.41, 5.74) is 6.24. The van der Waals surface area contributed by atoms with Crippen LogP contribution in [0.25, 0.3) is 11.4 Å². The highest BCUT2D eigenvalue weighted by molar-refractivity contribution is 7.98. The van der Waals surface area contributed by atoms with E-state index in [2.05, 4.69) is 15.0 Å². The fourth-order valence-corrected chi connectivity index (χ4v) is 2.20. The molecule has 1 aromatic heterocycles. The van der Waals surface area contributed by atoms with Gasteiger partial charge in [-0.3, -0.25) is 9.35 Å². The first kappa shape index (κ1) is 13.4. The molecule has 8 heteroatoms. The van der Waals surface area contributed by atoms with Crippen molar-refractivity contribution >= 4 is 21.0 Å². The van der Waals surface area contributed by atoms with Gasteiger partial charge in [-0.1, -0.05) is 0 Å². The Morgan fingerprint density at radius 2 is 2.05 bits per heavy atom. The number of aromatic nitrogens is 3. The fourth-order valence-electron chi connectivity index (χ4n) is 1.53. The van der Waals surface area contributed by atoms with E-state index in [0.29, 0.717) is 11.1 Å². The normalized spacial score (nSPS) is 13.8. The predicted molar refractivity (Wildman–Crippen MR) is 73.1 cm³/mol. The number of hydrogen-bond acceptors (Lipinski definition) is 5. The summed E-state index contributed by atoms with van der Waals surface area (Å²) in [6, 6.07) is 4.05. The van der Waals surface area contributed by atoms with Crippen LogP contribution in [0, 0.1) is 5.82 Å². The monoisotopic (exact) mass is 281 g/mol. The third-order valence-electron chi connectivity index (χ3n) is 2.14. The number of nitrogens with two attached hydrogens (primary N) is 2. The number of halogens is 1. The Hall–Kier alpha value is -2.06. The first-order valence-electron chi connectivity index (χ1n) is 5.21. The van der Waals surface area contributed by atoms with Gasteiger partial charge in [0.25, 0.3) is 0 Å². The third-order valence-corrected chi connectivity index (χ3v) is 2.88. The minimum absolute atomic E-state index is 0.0397. The van der Waals surface area contributed by atoms with E-state index in [1.54, 1.807) is 6.07 Å². The van der Waals surface area contributed by atoms with E-state index in [4.69, 9.17) is 10.9 Å². The molecule has 1 heterocycles. The maximum atomic E-state index is 13.5. The summed E-state index contributed by atoms with van der Waals surface area (Å²) in [7, 11) is -2.62. The highest BCUT2D eigenvalue weighted by atomic mass is 32.2. The van der Waals surface area contributed by atoms with Crippen LogP contribution in [0.2, 0.25) is 0 Å². The largest absolute Gasteiger partial charge is 0.368 e. The van der Waals surface area contributed by atoms with Gasteiger partial charge in [0.15, 0.2) is 5.82 Å². The van der Waals surface area contributed by atoms with E-state index in [9.17, 15) is 8.60 Å². The Bertz CT molecular complexity index is 732. The van der Waals surface area contributed by atoms with Crippen LogP contribution < -0.4 is 10.9 Å². The highest BCUT2D eigenvalue weighted by Crippen LogP contribution is 2.18. The molecular weight excluding hydrogens is 269 g/mol. The smallest absolute Gasteiger partial charge is 0.223 e. The van der Waals surface area contributed by atoms with Crippen LogP contribution in [0.1, 0.15) is 5.56 Å². The van der Waals surface area contributed by atoms with Gasteiger partial charge in [-0.2, -0.15) is 4.98 Å². The van der Waals surface area contributed by atoms with Crippen LogP contribution in [-0.2, 0) is 9.71 Å². The Morgan fingerprint density at radius 3 is 2.68 bits per heavy atom. The minimum Gasteiger partial charge on any atom is -0.368 e. The van der Waals surface area contributed by atoms with Crippen molar-refractivity contribution in [3.8, 4) is 11.4 Å². The molecular formula is C11H12FN5OS. The zero-order valence-corrected chi connectivity index (χ0v) is 10.9. The van der Waals surface area contributed by atoms with Gasteiger partial charge in [0.1, 0.15) is 12.1 Å². The summed E-state index contributed by atoms with van der Waals surface area (Å²) in [5, 5.41) is 6.71. The summed E-state index contributed by atoms with van der Waals surface area (Å²) < 4.78 is 25.0. The summed E-state index contributed by atoms with van der Waals surface area (Å²) in [6.45, 7) is 0. The molecule has 1 unspecified atom stereocenters. The van der Waals surface area contributed by atoms with Crippen LogP contribution in [0.5, 0.6) is 0 Å². The summed E-state index contributed by atoms with van der Waals surface area (Å²) >= 11 is 0. The maximum Gasteiger partial charge on any atom is 0.223 e. The molecule has 1 atom stereocenters. The number of hydrogen-bond donors (Lipinski definition) is 2. The van der Waals surface area contributed by atoms with E-state index in [-0.39, 0.29) is 11.8 Å². The fraction of sp³-hybridized carbons (Fsp3) is 0.0909. The third kappa shape index (κ3) is 3.70. The lowest BCUT2D eigenvalue weighted by Crippen LogP contribution is -2.13. The van der Waals surface area contributed by atoms with E-state index in [1.165, 1.54) is 30.1 Å². The van der Waals surface area contributed by atoms with Crippen molar-refractivity contribution in [3.05, 3.63) is 35.9 Å². The maximum absolute atomic E-state index is 13.5. The Kier molecular flexibility index (Phi) is 3.45. The van der Waals surface area contributed by atoms with Gasteiger partial charge in [-0.05, 0) is 23.8 Å². The van der Waals surface area contributed by atoms with Gasteiger partial charge >= 0.3 is 0 Å². The molecule has 0 radical (unpaired) electrons. The molecule has 0 aliphatic heterocycles. The average Bonchev–Trinajstić information content (AvgIpc) is 2.25. The number of nitrogen functional groups attached to an aromatic ring is 1. The number of anilines is 1. The Balaban J connectivity index is 2.57. The second-order valence-electron chi connectivity index (χ2n) is 4.02. The first-order valence-corrected chi connectivity index (χ1v) is 7.30. The van der Waals surface area contributed by atoms with Gasteiger partial charge in [0, 0.05) is 26.9 Å². The molecule has 100 valence electrons. The highest BCUT2D eigenvalue weighted by Gasteiger charge is 2.06. The van der Waals surface area contributed by atoms with Crippen molar-refractivity contribution in [3.63, 3.8) is 0 Å². The molecule has 1 aromatic carbocycles. The van der Waals surface area contributed by atoms with E-state index < -0.39 is 15.5 Å². The molecule has 0 spiro atoms. The molecule has 0 bridgehead atoms. The molecule has 0 aliphatic carbocycles. The van der Waals surface area contributed by atoms with Crippen LogP contribution in [-0.4, -0.2) is 30.8 Å². The average molecular weight is 281 g/mol. The lowest BCUT2D eigenvalue weighted by atomic mass is 10.1. The lowest BCUT2D eigenvalue weighted by Gasteiger charge is -2.03. The second kappa shape index (κ2) is 4.90. The van der Waals surface area contributed by atoms with Crippen molar-refractivity contribution in [1.29, 1.82) is 0 Å². The quantitative estimate of drug-likeness (QED) is 0.764. The molecule has 0 aliphatic rings. The summed E-state index contributed by atoms with van der Waals surface area (Å²) in [5.74, 6) is -0.231. The van der Waals surface area contributed by atoms with Gasteiger partial charge < -0.3 is 5.73 Å². The molecule has 0 saturated carbocycles. The van der Waals surface area contributed by atoms with Crippen molar-refractivity contribution in [2.75, 3.05) is 12.0 Å². The van der Waals surface area contributed by atoms with Crippen LogP contribution in [0.3, 0.4) is 0 Å². The second-order valence-corrected chi connectivity index (χ2v) is 6.19. The number of nitrogens with zero attached hydrogens (tertiary/aromatic N) is 3. The van der Waals surface area contributed by atoms with Gasteiger partial charge in [-0.25, -0.2) is 14.4 Å². The molecule has 4 N–H and O–H groups in total. The Labute approximate surface area is 109 Å². The summed E-state index contributed by atoms with van der Waals surface area (Å²) in [6.07, 6.45) is 2.59. The van der Waals surface area contributed by atoms with E-state index in [0.717, 1.165) is 0 Å². The van der Waals surface area contributed by atoms with Gasteiger partial charge in [-0.15, -0.1) is 0 Å². The van der Waals surface area contributed by atoms with Gasteiger partial charge in [0.2, 0.25) is 5.95 Å². The van der Waals surface area contributed by atoms with Crippen LogP contribution in [0.15, 0.2) is 24.5 Å². The Morgan fingerprint density at radius 1 is 1.32 bits per heavy atom. The van der Waals surface area contributed by atoms with Crippen LogP contribution in [0.4, 0.5) is 10.3 Å². The van der Waals surface area contributed by atoms with Gasteiger partial charge in [0.05, 0.1) is 0 Å². The van der Waals surface area contributed by atoms with Crippen molar-refractivity contribution in [2.24, 2.45) is 5.14 Å². The molecule has 19 heavy (non-hydrogen) atoms. The predicted octanol–water partition coefficient (Wildman–Crippen LogP) is 0.198. The zero-order valence-electron chi connectivity index (χ0n) is 10.1. The van der Waals surface area contributed by atoms with E-state index >= 15 is 0 Å². The van der Waals surface area contributed by atoms with Crippen molar-refractivity contribution < 1.29 is 8.60 Å². The van der Waals surface area contributed by atoms with E-state index in [1.807, 2.05) is 0 Å². The standard InChI is InChI=1S/C11H12FN5OS/c1-19(14,18)5-7-2-8(4-9(12)3-7)10-15-6-16-11(13)17-10/h2-6H,1H3,(H2,14,18)(H2,13,15,16,17). The lowest BCUT2D eigenvalue weighted by molar-refractivity contribution is 0.628. The zero-order chi connectivity index (χ0) is 14.0. The number of benzene rings is 1. The minimum atomic E-state index is -2.62. The van der Waals surface area contributed by atoms with Crippen molar-refractivity contribution in [1.82, 2.24) is 15.0 Å². The topological polar surface area (TPSA) is 108 Å². The number of rotatable bonds is 2. The first-order chi connectivity index (χ1) is 8.83. The van der Waals surface area contributed by atoms with Crippen LogP contribution >= 0.6 is 0 Å². The molecule has 0 amide bonds. The molecule has 6 nitrogen and oxygen atoms in total. The summed E-state index contributed by atoms with van der Waals surface area (Å²) in [4.78, 5) is 11.5. The molecule has 2 aromatic rings. The van der Waals surface area contributed by atoms with Crippen molar-refractivity contribution in [2.45, 2.75) is 0 Å². The molecule has 0 saturated heterocycles.